The first-order chi connectivity index (χ1) is 9.91. The molecule has 0 saturated heterocycles. The maximum absolute atomic E-state index is 12.8. The van der Waals surface area contributed by atoms with Crippen molar-refractivity contribution in [3.05, 3.63) is 35.4 Å². The lowest BCUT2D eigenvalue weighted by molar-refractivity contribution is -0.184. The average Bonchev–Trinajstić information content (AvgIpc) is 2.44. The van der Waals surface area contributed by atoms with Gasteiger partial charge in [0.15, 0.2) is 0 Å². The Hall–Kier alpha value is -1.03. The van der Waals surface area contributed by atoms with E-state index in [1.165, 1.54) is 11.1 Å². The molecule has 4 heteroatoms. The van der Waals surface area contributed by atoms with Gasteiger partial charge in [-0.1, -0.05) is 36.8 Å². The predicted molar refractivity (Wildman–Crippen MR) is 79.1 cm³/mol. The molecule has 1 N–H and O–H groups in total. The highest BCUT2D eigenvalue weighted by Gasteiger charge is 2.42. The molecule has 1 atom stereocenters. The highest BCUT2D eigenvalue weighted by molar-refractivity contribution is 5.25. The van der Waals surface area contributed by atoms with E-state index in [0.29, 0.717) is 18.8 Å². The molecule has 118 valence electrons. The second-order valence-electron chi connectivity index (χ2n) is 6.10. The molecule has 0 aliphatic heterocycles. The lowest BCUT2D eigenvalue weighted by Gasteiger charge is -2.35. The van der Waals surface area contributed by atoms with Gasteiger partial charge in [0.2, 0.25) is 0 Å². The average molecular weight is 299 g/mol. The minimum absolute atomic E-state index is 0.170. The first kappa shape index (κ1) is 16.3. The predicted octanol–water partition coefficient (Wildman–Crippen LogP) is 5.01. The minimum Gasteiger partial charge on any atom is -0.310 e. The Labute approximate surface area is 124 Å². The summed E-state index contributed by atoms with van der Waals surface area (Å²) in [6.07, 6.45) is -2.20. The smallest absolute Gasteiger partial charge is 0.310 e. The molecular formula is C17H24F3N. The summed E-state index contributed by atoms with van der Waals surface area (Å²) in [5, 5.41) is 3.47. The van der Waals surface area contributed by atoms with Crippen molar-refractivity contribution in [2.24, 2.45) is 11.8 Å². The van der Waals surface area contributed by atoms with Gasteiger partial charge in [0.05, 0.1) is 5.92 Å². The molecule has 0 heterocycles. The van der Waals surface area contributed by atoms with Crippen LogP contribution in [0.4, 0.5) is 13.2 Å². The third kappa shape index (κ3) is 4.22. The molecule has 0 amide bonds. The summed E-state index contributed by atoms with van der Waals surface area (Å²) >= 11 is 0. The van der Waals surface area contributed by atoms with Crippen LogP contribution in [0, 0.1) is 18.8 Å². The monoisotopic (exact) mass is 299 g/mol. The second kappa shape index (κ2) is 6.82. The van der Waals surface area contributed by atoms with Gasteiger partial charge >= 0.3 is 6.18 Å². The maximum atomic E-state index is 12.8. The van der Waals surface area contributed by atoms with Gasteiger partial charge in [0.1, 0.15) is 0 Å². The summed E-state index contributed by atoms with van der Waals surface area (Å²) < 4.78 is 38.3. The summed E-state index contributed by atoms with van der Waals surface area (Å²) in [4.78, 5) is 0. The number of rotatable bonds is 4. The zero-order chi connectivity index (χ0) is 15.5. The summed E-state index contributed by atoms with van der Waals surface area (Å²) in [7, 11) is 0. The lowest BCUT2D eigenvalue weighted by atomic mass is 9.76. The van der Waals surface area contributed by atoms with Gasteiger partial charge in [-0.25, -0.2) is 0 Å². The molecule has 1 nitrogen and oxygen atoms in total. The van der Waals surface area contributed by atoms with E-state index in [-0.39, 0.29) is 18.9 Å². The number of hydrogen-bond donors (Lipinski definition) is 1. The number of alkyl halides is 3. The summed E-state index contributed by atoms with van der Waals surface area (Å²) in [6.45, 7) is 4.93. The third-order valence-electron chi connectivity index (χ3n) is 4.53. The Balaban J connectivity index is 2.07. The molecular weight excluding hydrogens is 275 g/mol. The van der Waals surface area contributed by atoms with Crippen molar-refractivity contribution in [2.75, 3.05) is 6.54 Å². The van der Waals surface area contributed by atoms with Crippen LogP contribution in [0.3, 0.4) is 0 Å². The Morgan fingerprint density at radius 2 is 1.86 bits per heavy atom. The molecule has 1 aromatic rings. The largest absolute Gasteiger partial charge is 0.391 e. The van der Waals surface area contributed by atoms with Crippen LogP contribution in [0.2, 0.25) is 0 Å². The Bertz CT molecular complexity index is 448. The molecule has 0 spiro atoms. The van der Waals surface area contributed by atoms with Crippen LogP contribution in [0.1, 0.15) is 49.8 Å². The molecule has 1 unspecified atom stereocenters. The van der Waals surface area contributed by atoms with E-state index in [4.69, 9.17) is 0 Å². The molecule has 0 bridgehead atoms. The van der Waals surface area contributed by atoms with Crippen molar-refractivity contribution in [3.63, 3.8) is 0 Å². The molecule has 1 aromatic carbocycles. The summed E-state index contributed by atoms with van der Waals surface area (Å²) in [5.74, 6) is -0.807. The van der Waals surface area contributed by atoms with Crippen LogP contribution in [-0.2, 0) is 0 Å². The number of nitrogens with one attached hydrogen (secondary N) is 1. The summed E-state index contributed by atoms with van der Waals surface area (Å²) in [5.41, 5.74) is 2.40. The number of hydrogen-bond acceptors (Lipinski definition) is 1. The van der Waals surface area contributed by atoms with Crippen molar-refractivity contribution in [2.45, 2.75) is 51.7 Å². The molecule has 0 radical (unpaired) electrons. The number of benzene rings is 1. The van der Waals surface area contributed by atoms with Crippen LogP contribution in [0.25, 0.3) is 0 Å². The van der Waals surface area contributed by atoms with E-state index in [2.05, 4.69) is 17.4 Å². The van der Waals surface area contributed by atoms with Gasteiger partial charge in [-0.05, 0) is 50.6 Å². The van der Waals surface area contributed by atoms with Gasteiger partial charge in [0.25, 0.3) is 0 Å². The van der Waals surface area contributed by atoms with E-state index in [1.807, 2.05) is 26.0 Å². The van der Waals surface area contributed by atoms with Gasteiger partial charge in [0, 0.05) is 6.04 Å². The molecule has 2 rings (SSSR count). The molecule has 21 heavy (non-hydrogen) atoms. The minimum atomic E-state index is -4.03. The van der Waals surface area contributed by atoms with Crippen molar-refractivity contribution < 1.29 is 13.2 Å². The standard InChI is InChI=1S/C17H24F3N/c1-3-21-16(14-6-4-5-12(2)11-14)13-7-9-15(10-8-13)17(18,19)20/h4-6,11,13,15-16,21H,3,7-10H2,1-2H3. The molecule has 1 aliphatic rings. The van der Waals surface area contributed by atoms with Gasteiger partial charge in [-0.2, -0.15) is 13.2 Å². The maximum Gasteiger partial charge on any atom is 0.391 e. The fourth-order valence-electron chi connectivity index (χ4n) is 3.42. The Kier molecular flexibility index (Phi) is 5.31. The summed E-state index contributed by atoms with van der Waals surface area (Å²) in [6, 6.07) is 8.46. The Morgan fingerprint density at radius 3 is 2.38 bits per heavy atom. The fraction of sp³-hybridized carbons (Fsp3) is 0.647. The van der Waals surface area contributed by atoms with Crippen LogP contribution in [-0.4, -0.2) is 12.7 Å². The quantitative estimate of drug-likeness (QED) is 0.823. The number of halogens is 3. The van der Waals surface area contributed by atoms with Crippen molar-refractivity contribution in [3.8, 4) is 0 Å². The fourth-order valence-corrected chi connectivity index (χ4v) is 3.42. The van der Waals surface area contributed by atoms with E-state index in [1.54, 1.807) is 0 Å². The normalized spacial score (nSPS) is 24.8. The van der Waals surface area contributed by atoms with E-state index < -0.39 is 12.1 Å². The van der Waals surface area contributed by atoms with Crippen molar-refractivity contribution >= 4 is 0 Å². The lowest BCUT2D eigenvalue weighted by Crippen LogP contribution is -2.34. The molecule has 1 saturated carbocycles. The number of aryl methyl sites for hydroxylation is 1. The van der Waals surface area contributed by atoms with E-state index in [9.17, 15) is 13.2 Å². The van der Waals surface area contributed by atoms with Gasteiger partial charge in [-0.3, -0.25) is 0 Å². The topological polar surface area (TPSA) is 12.0 Å². The van der Waals surface area contributed by atoms with Crippen LogP contribution in [0.5, 0.6) is 0 Å². The molecule has 0 aromatic heterocycles. The van der Waals surface area contributed by atoms with Crippen LogP contribution >= 0.6 is 0 Å². The highest BCUT2D eigenvalue weighted by Crippen LogP contribution is 2.43. The first-order valence-corrected chi connectivity index (χ1v) is 7.78. The van der Waals surface area contributed by atoms with Gasteiger partial charge in [-0.15, -0.1) is 0 Å². The highest BCUT2D eigenvalue weighted by atomic mass is 19.4. The molecule has 1 aliphatic carbocycles. The molecule has 1 fully saturated rings. The zero-order valence-corrected chi connectivity index (χ0v) is 12.7. The first-order valence-electron chi connectivity index (χ1n) is 7.78. The van der Waals surface area contributed by atoms with E-state index >= 15 is 0 Å². The van der Waals surface area contributed by atoms with Crippen molar-refractivity contribution in [1.29, 1.82) is 0 Å². The van der Waals surface area contributed by atoms with Crippen LogP contribution < -0.4 is 5.32 Å². The SMILES string of the molecule is CCNC(c1cccc(C)c1)C1CCC(C(F)(F)F)CC1. The zero-order valence-electron chi connectivity index (χ0n) is 12.7. The van der Waals surface area contributed by atoms with Gasteiger partial charge < -0.3 is 5.32 Å². The Morgan fingerprint density at radius 1 is 1.19 bits per heavy atom. The third-order valence-corrected chi connectivity index (χ3v) is 4.53. The second-order valence-corrected chi connectivity index (χ2v) is 6.10. The van der Waals surface area contributed by atoms with E-state index in [0.717, 1.165) is 6.54 Å². The van der Waals surface area contributed by atoms with Crippen LogP contribution in [0.15, 0.2) is 24.3 Å². The van der Waals surface area contributed by atoms with Crippen molar-refractivity contribution in [1.82, 2.24) is 5.32 Å².